The largest absolute Gasteiger partial charge is 0.508 e. The van der Waals surface area contributed by atoms with Gasteiger partial charge in [0.2, 0.25) is 0 Å². The number of carbonyl (C=O) groups is 3. The second-order valence-electron chi connectivity index (χ2n) is 7.67. The monoisotopic (exact) mass is 490 g/mol. The number of ether oxygens (including phenoxy) is 1. The molecule has 4 rings (SSSR count). The van der Waals surface area contributed by atoms with Crippen molar-refractivity contribution in [2.24, 2.45) is 0 Å². The summed E-state index contributed by atoms with van der Waals surface area (Å²) in [5.41, 5.74) is 1.36. The van der Waals surface area contributed by atoms with E-state index in [0.717, 1.165) is 21.8 Å². The van der Waals surface area contributed by atoms with E-state index >= 15 is 0 Å². The van der Waals surface area contributed by atoms with E-state index < -0.39 is 29.5 Å². The molecule has 0 fully saturated rings. The fraction of sp³-hybridized carbons (Fsp3) is 0.154. The maximum atomic E-state index is 13.2. The Morgan fingerprint density at radius 2 is 1.89 bits per heavy atom. The molecule has 35 heavy (non-hydrogen) atoms. The molecule has 2 aromatic carbocycles. The van der Waals surface area contributed by atoms with Crippen LogP contribution in [0.4, 0.5) is 5.13 Å². The standard InChI is InChI=1S/C26H22N2O6S/c1-3-34-25(33)23-15(2)27-26(35-23)28-21(17-10-7-11-18(29)14-17)20(22(31)24(28)32)19(30)13-12-16-8-5-4-6-9-16/h4-14,21,29,31H,3H2,1-2H3/b13-12+. The number of allylic oxidation sites excluding steroid dienone is 1. The number of nitrogens with zero attached hydrogens (tertiary/aromatic N) is 2. The van der Waals surface area contributed by atoms with Gasteiger partial charge in [-0.15, -0.1) is 0 Å². The van der Waals surface area contributed by atoms with Crippen molar-refractivity contribution in [3.05, 3.63) is 93.7 Å². The van der Waals surface area contributed by atoms with Crippen molar-refractivity contribution in [1.82, 2.24) is 4.98 Å². The summed E-state index contributed by atoms with van der Waals surface area (Å²) in [4.78, 5) is 44.5. The van der Waals surface area contributed by atoms with Gasteiger partial charge in [0.05, 0.1) is 23.9 Å². The molecule has 1 aromatic heterocycles. The summed E-state index contributed by atoms with van der Waals surface area (Å²) in [7, 11) is 0. The van der Waals surface area contributed by atoms with Crippen molar-refractivity contribution in [3.8, 4) is 5.75 Å². The number of phenolic OH excluding ortho intramolecular Hbond substituents is 1. The summed E-state index contributed by atoms with van der Waals surface area (Å²) in [6.07, 6.45) is 2.87. The van der Waals surface area contributed by atoms with Crippen LogP contribution in [0, 0.1) is 6.92 Å². The van der Waals surface area contributed by atoms with Gasteiger partial charge in [0.15, 0.2) is 16.7 Å². The molecule has 178 valence electrons. The second kappa shape index (κ2) is 9.94. The summed E-state index contributed by atoms with van der Waals surface area (Å²) in [6.45, 7) is 3.47. The molecule has 8 nitrogen and oxygen atoms in total. The Morgan fingerprint density at radius 3 is 2.57 bits per heavy atom. The van der Waals surface area contributed by atoms with Gasteiger partial charge in [-0.3, -0.25) is 14.5 Å². The van der Waals surface area contributed by atoms with Gasteiger partial charge in [-0.2, -0.15) is 0 Å². The zero-order valence-electron chi connectivity index (χ0n) is 19.0. The number of thiazole rings is 1. The molecule has 0 saturated heterocycles. The van der Waals surface area contributed by atoms with Gasteiger partial charge >= 0.3 is 5.97 Å². The molecular formula is C26H22N2O6S. The minimum atomic E-state index is -1.07. The molecule has 0 saturated carbocycles. The van der Waals surface area contributed by atoms with E-state index in [4.69, 9.17) is 4.74 Å². The summed E-state index contributed by atoms with van der Waals surface area (Å²) in [6, 6.07) is 14.1. The van der Waals surface area contributed by atoms with E-state index in [-0.39, 0.29) is 27.9 Å². The number of benzene rings is 2. The number of aromatic hydroxyl groups is 1. The molecule has 0 radical (unpaired) electrons. The quantitative estimate of drug-likeness (QED) is 0.369. The van der Waals surface area contributed by atoms with Gasteiger partial charge in [0.1, 0.15) is 10.6 Å². The second-order valence-corrected chi connectivity index (χ2v) is 8.65. The van der Waals surface area contributed by atoms with E-state index in [2.05, 4.69) is 4.98 Å². The van der Waals surface area contributed by atoms with Gasteiger partial charge in [-0.25, -0.2) is 9.78 Å². The first-order chi connectivity index (χ1) is 16.8. The maximum Gasteiger partial charge on any atom is 0.350 e. The summed E-state index contributed by atoms with van der Waals surface area (Å²) < 4.78 is 5.07. The van der Waals surface area contributed by atoms with Gasteiger partial charge in [-0.1, -0.05) is 59.9 Å². The number of esters is 1. The topological polar surface area (TPSA) is 117 Å². The van der Waals surface area contributed by atoms with E-state index in [1.165, 1.54) is 18.2 Å². The normalized spacial score (nSPS) is 15.8. The predicted octanol–water partition coefficient (Wildman–Crippen LogP) is 4.52. The first kappa shape index (κ1) is 23.9. The number of hydrogen-bond donors (Lipinski definition) is 2. The molecular weight excluding hydrogens is 468 g/mol. The molecule has 1 atom stereocenters. The molecule has 1 aliphatic rings. The van der Waals surface area contributed by atoms with Gasteiger partial charge in [-0.05, 0) is 43.2 Å². The van der Waals surface area contributed by atoms with Crippen LogP contribution in [0.25, 0.3) is 6.08 Å². The highest BCUT2D eigenvalue weighted by Crippen LogP contribution is 2.43. The fourth-order valence-corrected chi connectivity index (χ4v) is 4.75. The predicted molar refractivity (Wildman–Crippen MR) is 131 cm³/mol. The van der Waals surface area contributed by atoms with Gasteiger partial charge in [0.25, 0.3) is 5.91 Å². The number of hydrogen-bond acceptors (Lipinski definition) is 8. The number of aryl methyl sites for hydroxylation is 1. The third-order valence-electron chi connectivity index (χ3n) is 5.34. The lowest BCUT2D eigenvalue weighted by Gasteiger charge is -2.24. The highest BCUT2D eigenvalue weighted by Gasteiger charge is 2.45. The molecule has 3 aromatic rings. The van der Waals surface area contributed by atoms with Crippen LogP contribution in [-0.2, 0) is 14.3 Å². The molecule has 1 aliphatic heterocycles. The van der Waals surface area contributed by atoms with Crippen LogP contribution in [0.2, 0.25) is 0 Å². The van der Waals surface area contributed by atoms with E-state index in [1.807, 2.05) is 30.3 Å². The lowest BCUT2D eigenvalue weighted by Crippen LogP contribution is -2.30. The number of aromatic nitrogens is 1. The first-order valence-corrected chi connectivity index (χ1v) is 11.6. The molecule has 0 bridgehead atoms. The first-order valence-electron chi connectivity index (χ1n) is 10.8. The highest BCUT2D eigenvalue weighted by atomic mass is 32.1. The Hall–Kier alpha value is -4.24. The number of carbonyl (C=O) groups excluding carboxylic acids is 3. The number of amides is 1. The molecule has 9 heteroatoms. The van der Waals surface area contributed by atoms with Crippen molar-refractivity contribution >= 4 is 40.2 Å². The smallest absolute Gasteiger partial charge is 0.350 e. The zero-order chi connectivity index (χ0) is 25.1. The molecule has 1 amide bonds. The molecule has 2 N–H and O–H groups in total. The number of aliphatic hydroxyl groups is 1. The van der Waals surface area contributed by atoms with Crippen LogP contribution >= 0.6 is 11.3 Å². The minimum Gasteiger partial charge on any atom is -0.508 e. The Labute approximate surface area is 205 Å². The van der Waals surface area contributed by atoms with Gasteiger partial charge in [0, 0.05) is 0 Å². The third kappa shape index (κ3) is 4.71. The Balaban J connectivity index is 1.79. The van der Waals surface area contributed by atoms with Crippen molar-refractivity contribution in [2.45, 2.75) is 19.9 Å². The fourth-order valence-electron chi connectivity index (χ4n) is 3.76. The molecule has 1 unspecified atom stereocenters. The minimum absolute atomic E-state index is 0.0737. The average Bonchev–Trinajstić information content (AvgIpc) is 3.35. The van der Waals surface area contributed by atoms with Gasteiger partial charge < -0.3 is 14.9 Å². The Bertz CT molecular complexity index is 1360. The van der Waals surface area contributed by atoms with Crippen LogP contribution in [0.15, 0.2) is 72.0 Å². The van der Waals surface area contributed by atoms with Crippen LogP contribution < -0.4 is 4.90 Å². The van der Waals surface area contributed by atoms with E-state index in [9.17, 15) is 24.6 Å². The Kier molecular flexibility index (Phi) is 6.79. The number of phenols is 1. The third-order valence-corrected chi connectivity index (χ3v) is 6.48. The van der Waals surface area contributed by atoms with Crippen LogP contribution in [0.5, 0.6) is 5.75 Å². The van der Waals surface area contributed by atoms with Crippen molar-refractivity contribution in [1.29, 1.82) is 0 Å². The van der Waals surface area contributed by atoms with Crippen LogP contribution in [-0.4, -0.2) is 39.5 Å². The highest BCUT2D eigenvalue weighted by molar-refractivity contribution is 7.17. The van der Waals surface area contributed by atoms with Crippen molar-refractivity contribution in [3.63, 3.8) is 0 Å². The number of ketones is 1. The molecule has 0 aliphatic carbocycles. The number of aliphatic hydroxyl groups excluding tert-OH is 1. The SMILES string of the molecule is CCOC(=O)c1sc(N2C(=O)C(O)=C(C(=O)/C=C/c3ccccc3)C2c2cccc(O)c2)nc1C. The van der Waals surface area contributed by atoms with E-state index in [1.54, 1.807) is 32.1 Å². The van der Waals surface area contributed by atoms with Crippen molar-refractivity contribution in [2.75, 3.05) is 11.5 Å². The number of anilines is 1. The lowest BCUT2D eigenvalue weighted by molar-refractivity contribution is -0.117. The Morgan fingerprint density at radius 1 is 1.14 bits per heavy atom. The maximum absolute atomic E-state index is 13.2. The summed E-state index contributed by atoms with van der Waals surface area (Å²) in [5, 5.41) is 21.0. The average molecular weight is 491 g/mol. The zero-order valence-corrected chi connectivity index (χ0v) is 19.8. The molecule has 0 spiro atoms. The van der Waals surface area contributed by atoms with E-state index in [0.29, 0.717) is 11.3 Å². The van der Waals surface area contributed by atoms with Crippen LogP contribution in [0.3, 0.4) is 0 Å². The van der Waals surface area contributed by atoms with Crippen molar-refractivity contribution < 1.29 is 29.3 Å². The number of rotatable bonds is 7. The lowest BCUT2D eigenvalue weighted by atomic mass is 9.95. The summed E-state index contributed by atoms with van der Waals surface area (Å²) >= 11 is 0.927. The van der Waals surface area contributed by atoms with Crippen LogP contribution in [0.1, 0.15) is 39.5 Å². The summed E-state index contributed by atoms with van der Waals surface area (Å²) in [5.74, 6) is -2.77. The molecule has 2 heterocycles.